The van der Waals surface area contributed by atoms with E-state index in [1.807, 2.05) is 30.3 Å². The number of urea groups is 1. The molecule has 8 heteroatoms. The molecule has 1 aromatic carbocycles. The summed E-state index contributed by atoms with van der Waals surface area (Å²) in [6, 6.07) is 8.95. The molecule has 2 saturated heterocycles. The summed E-state index contributed by atoms with van der Waals surface area (Å²) in [6.45, 7) is 3.42. The second-order valence-corrected chi connectivity index (χ2v) is 6.77. The Morgan fingerprint density at radius 2 is 1.81 bits per heavy atom. The number of piperazine rings is 1. The summed E-state index contributed by atoms with van der Waals surface area (Å²) >= 11 is 0. The minimum Gasteiger partial charge on any atom is -0.353 e. The minimum atomic E-state index is -0.485. The van der Waals surface area contributed by atoms with Gasteiger partial charge in [0.2, 0.25) is 0 Å². The van der Waals surface area contributed by atoms with Gasteiger partial charge in [-0.2, -0.15) is 0 Å². The number of rotatable bonds is 5. The second kappa shape index (κ2) is 7.71. The first-order chi connectivity index (χ1) is 13.2. The second-order valence-electron chi connectivity index (χ2n) is 6.77. The number of aromatic nitrogens is 2. The van der Waals surface area contributed by atoms with Gasteiger partial charge in [-0.15, -0.1) is 0 Å². The molecule has 27 heavy (non-hydrogen) atoms. The van der Waals surface area contributed by atoms with Gasteiger partial charge in [-0.3, -0.25) is 14.7 Å². The first kappa shape index (κ1) is 17.4. The van der Waals surface area contributed by atoms with Gasteiger partial charge in [0.05, 0.1) is 12.9 Å². The van der Waals surface area contributed by atoms with Gasteiger partial charge in [0.15, 0.2) is 0 Å². The molecule has 0 unspecified atom stereocenters. The van der Waals surface area contributed by atoms with E-state index in [-0.39, 0.29) is 11.9 Å². The largest absolute Gasteiger partial charge is 0.353 e. The van der Waals surface area contributed by atoms with Crippen molar-refractivity contribution in [3.8, 4) is 0 Å². The number of imide groups is 1. The lowest BCUT2D eigenvalue weighted by Gasteiger charge is -2.36. The molecule has 3 amide bonds. The Bertz CT molecular complexity index is 792. The van der Waals surface area contributed by atoms with Crippen molar-refractivity contribution < 1.29 is 9.59 Å². The van der Waals surface area contributed by atoms with Gasteiger partial charge in [-0.25, -0.2) is 14.7 Å². The zero-order valence-corrected chi connectivity index (χ0v) is 15.0. The Hall–Kier alpha value is -3.00. The maximum atomic E-state index is 12.7. The fourth-order valence-electron chi connectivity index (χ4n) is 3.47. The van der Waals surface area contributed by atoms with Crippen molar-refractivity contribution in [2.75, 3.05) is 37.7 Å². The van der Waals surface area contributed by atoms with Crippen molar-refractivity contribution in [2.45, 2.75) is 12.5 Å². The van der Waals surface area contributed by atoms with Gasteiger partial charge >= 0.3 is 6.03 Å². The molecule has 8 nitrogen and oxygen atoms in total. The van der Waals surface area contributed by atoms with Crippen molar-refractivity contribution in [3.63, 3.8) is 0 Å². The number of nitrogens with one attached hydrogen (secondary N) is 1. The van der Waals surface area contributed by atoms with E-state index < -0.39 is 6.04 Å². The van der Waals surface area contributed by atoms with E-state index in [1.54, 1.807) is 18.6 Å². The van der Waals surface area contributed by atoms with Crippen LogP contribution in [0.1, 0.15) is 5.56 Å². The highest BCUT2D eigenvalue weighted by molar-refractivity contribution is 6.04. The summed E-state index contributed by atoms with van der Waals surface area (Å²) in [5.41, 5.74) is 1.04. The molecule has 3 heterocycles. The van der Waals surface area contributed by atoms with Crippen LogP contribution < -0.4 is 10.2 Å². The number of nitrogens with zero attached hydrogens (tertiary/aromatic N) is 5. The van der Waals surface area contributed by atoms with E-state index in [9.17, 15) is 9.59 Å². The number of carbonyl (C=O) groups is 2. The molecule has 0 radical (unpaired) electrons. The summed E-state index contributed by atoms with van der Waals surface area (Å²) in [5.74, 6) is 0.704. The summed E-state index contributed by atoms with van der Waals surface area (Å²) < 4.78 is 0. The van der Waals surface area contributed by atoms with Crippen molar-refractivity contribution in [3.05, 3.63) is 54.5 Å². The van der Waals surface area contributed by atoms with Crippen LogP contribution in [0.3, 0.4) is 0 Å². The highest BCUT2D eigenvalue weighted by Gasteiger charge is 2.39. The van der Waals surface area contributed by atoms with E-state index in [0.717, 1.165) is 37.6 Å². The monoisotopic (exact) mass is 366 g/mol. The first-order valence-corrected chi connectivity index (χ1v) is 9.10. The molecular weight excluding hydrogens is 344 g/mol. The third kappa shape index (κ3) is 3.90. The van der Waals surface area contributed by atoms with Gasteiger partial charge < -0.3 is 10.2 Å². The lowest BCUT2D eigenvalue weighted by molar-refractivity contribution is -0.129. The SMILES string of the molecule is O=C1N[C@@H](Cc2ccccc2)C(=O)N1CN1CCN(c2cnccn2)CC1. The molecule has 2 aromatic rings. The van der Waals surface area contributed by atoms with E-state index in [1.165, 1.54) is 4.90 Å². The smallest absolute Gasteiger partial charge is 0.325 e. The van der Waals surface area contributed by atoms with E-state index in [2.05, 4.69) is 25.1 Å². The molecule has 2 fully saturated rings. The summed E-state index contributed by atoms with van der Waals surface area (Å²) in [4.78, 5) is 39.0. The summed E-state index contributed by atoms with van der Waals surface area (Å²) in [5, 5.41) is 2.81. The summed E-state index contributed by atoms with van der Waals surface area (Å²) in [7, 11) is 0. The number of hydrogen-bond acceptors (Lipinski definition) is 6. The molecular formula is C19H22N6O2. The lowest BCUT2D eigenvalue weighted by atomic mass is 10.1. The maximum absolute atomic E-state index is 12.7. The number of benzene rings is 1. The predicted molar refractivity (Wildman–Crippen MR) is 100.0 cm³/mol. The Kier molecular flexibility index (Phi) is 4.97. The zero-order valence-electron chi connectivity index (χ0n) is 15.0. The van der Waals surface area contributed by atoms with Crippen LogP contribution >= 0.6 is 0 Å². The van der Waals surface area contributed by atoms with Crippen molar-refractivity contribution in [1.29, 1.82) is 0 Å². The third-order valence-electron chi connectivity index (χ3n) is 4.98. The van der Waals surface area contributed by atoms with Crippen LogP contribution in [0.4, 0.5) is 10.6 Å². The highest BCUT2D eigenvalue weighted by atomic mass is 16.2. The van der Waals surface area contributed by atoms with Gasteiger partial charge in [-0.1, -0.05) is 30.3 Å². The van der Waals surface area contributed by atoms with Crippen LogP contribution in [-0.2, 0) is 11.2 Å². The molecule has 0 aliphatic carbocycles. The Labute approximate surface area is 157 Å². The number of amides is 3. The normalized spacial score (nSPS) is 20.8. The average Bonchev–Trinajstić information content (AvgIpc) is 2.97. The number of hydrogen-bond donors (Lipinski definition) is 1. The Balaban J connectivity index is 1.32. The van der Waals surface area contributed by atoms with Crippen LogP contribution in [0, 0.1) is 0 Å². The maximum Gasteiger partial charge on any atom is 0.325 e. The lowest BCUT2D eigenvalue weighted by Crippen LogP contribution is -2.51. The molecule has 4 rings (SSSR count). The fraction of sp³-hybridized carbons (Fsp3) is 0.368. The highest BCUT2D eigenvalue weighted by Crippen LogP contribution is 2.15. The van der Waals surface area contributed by atoms with E-state index >= 15 is 0 Å². The molecule has 0 spiro atoms. The molecule has 2 aliphatic heterocycles. The Morgan fingerprint density at radius 3 is 2.52 bits per heavy atom. The average molecular weight is 366 g/mol. The minimum absolute atomic E-state index is 0.153. The van der Waals surface area contributed by atoms with E-state index in [0.29, 0.717) is 13.1 Å². The van der Waals surface area contributed by atoms with Crippen LogP contribution in [0.2, 0.25) is 0 Å². The molecule has 0 saturated carbocycles. The van der Waals surface area contributed by atoms with Crippen LogP contribution in [-0.4, -0.2) is 70.6 Å². The molecule has 1 atom stereocenters. The van der Waals surface area contributed by atoms with Crippen molar-refractivity contribution in [1.82, 2.24) is 25.1 Å². The van der Waals surface area contributed by atoms with Gasteiger partial charge in [0, 0.05) is 45.0 Å². The number of anilines is 1. The quantitative estimate of drug-likeness (QED) is 0.786. The number of carbonyl (C=O) groups excluding carboxylic acids is 2. The van der Waals surface area contributed by atoms with Crippen molar-refractivity contribution in [2.24, 2.45) is 0 Å². The molecule has 1 aromatic heterocycles. The molecule has 2 aliphatic rings. The summed E-state index contributed by atoms with van der Waals surface area (Å²) in [6.07, 6.45) is 5.61. The van der Waals surface area contributed by atoms with Crippen LogP contribution in [0.5, 0.6) is 0 Å². The van der Waals surface area contributed by atoms with Crippen LogP contribution in [0.15, 0.2) is 48.9 Å². The first-order valence-electron chi connectivity index (χ1n) is 9.10. The van der Waals surface area contributed by atoms with Gasteiger partial charge in [0.1, 0.15) is 11.9 Å². The molecule has 140 valence electrons. The Morgan fingerprint density at radius 1 is 1.04 bits per heavy atom. The van der Waals surface area contributed by atoms with Crippen LogP contribution in [0.25, 0.3) is 0 Å². The molecule has 1 N–H and O–H groups in total. The standard InChI is InChI=1S/C19H22N6O2/c26-18-16(12-15-4-2-1-3-5-15)22-19(27)25(18)14-23-8-10-24(11-9-23)17-13-20-6-7-21-17/h1-7,13,16H,8-12,14H2,(H,22,27)/t16-/m0/s1. The zero-order chi connectivity index (χ0) is 18.6. The third-order valence-corrected chi connectivity index (χ3v) is 4.98. The van der Waals surface area contributed by atoms with E-state index in [4.69, 9.17) is 0 Å². The molecule has 0 bridgehead atoms. The fourth-order valence-corrected chi connectivity index (χ4v) is 3.47. The van der Waals surface area contributed by atoms with Gasteiger partial charge in [-0.05, 0) is 5.56 Å². The van der Waals surface area contributed by atoms with Gasteiger partial charge in [0.25, 0.3) is 5.91 Å². The predicted octanol–water partition coefficient (Wildman–Crippen LogP) is 0.719. The van der Waals surface area contributed by atoms with Crippen molar-refractivity contribution >= 4 is 17.8 Å². The topological polar surface area (TPSA) is 81.7 Å².